The fourth-order valence-corrected chi connectivity index (χ4v) is 13.1. The molecule has 0 bridgehead atoms. The highest BCUT2D eigenvalue weighted by Crippen LogP contribution is 2.62. The van der Waals surface area contributed by atoms with Gasteiger partial charge in [-0.15, -0.1) is 11.8 Å². The van der Waals surface area contributed by atoms with Crippen LogP contribution in [0.4, 0.5) is 5.69 Å². The molecule has 11 rings (SSSR count). The van der Waals surface area contributed by atoms with E-state index in [1.807, 2.05) is 11.8 Å². The fraction of sp³-hybridized carbons (Fsp3) is 0.214. The molecule has 0 radical (unpaired) electrons. The number of thioether (sulfide) groups is 1. The van der Waals surface area contributed by atoms with Gasteiger partial charge in [0.25, 0.3) is 0 Å². The zero-order valence-corrected chi connectivity index (χ0v) is 34.8. The van der Waals surface area contributed by atoms with E-state index < -0.39 is 5.41 Å². The summed E-state index contributed by atoms with van der Waals surface area (Å²) >= 11 is 2.00. The molecule has 3 unspecified atom stereocenters. The lowest BCUT2D eigenvalue weighted by molar-refractivity contribution is 0.475. The van der Waals surface area contributed by atoms with Crippen LogP contribution in [0.1, 0.15) is 91.5 Å². The van der Waals surface area contributed by atoms with Gasteiger partial charge in [0.15, 0.2) is 0 Å². The topological polar surface area (TPSA) is 12.0 Å². The molecule has 2 heteroatoms. The van der Waals surface area contributed by atoms with Crippen LogP contribution in [0.3, 0.4) is 0 Å². The lowest BCUT2D eigenvalue weighted by atomic mass is 9.55. The summed E-state index contributed by atoms with van der Waals surface area (Å²) in [7, 11) is 0. The number of nitrogens with one attached hydrogen (secondary N) is 1. The van der Waals surface area contributed by atoms with Crippen molar-refractivity contribution in [2.45, 2.75) is 67.9 Å². The second-order valence-corrected chi connectivity index (χ2v) is 19.3. The molecule has 1 aliphatic heterocycles. The van der Waals surface area contributed by atoms with E-state index in [-0.39, 0.29) is 10.8 Å². The van der Waals surface area contributed by atoms with Crippen LogP contribution in [0.25, 0.3) is 17.2 Å². The molecular formula is C56H49NS. The smallest absolute Gasteiger partial charge is 0.0720 e. The maximum Gasteiger partial charge on any atom is 0.0720 e. The molecule has 1 spiro atoms. The van der Waals surface area contributed by atoms with E-state index in [1.54, 1.807) is 5.57 Å². The largest absolute Gasteiger partial charge is 0.362 e. The van der Waals surface area contributed by atoms with Crippen LogP contribution in [0, 0.1) is 11.3 Å². The molecule has 1 heterocycles. The summed E-state index contributed by atoms with van der Waals surface area (Å²) < 4.78 is 0. The van der Waals surface area contributed by atoms with Crippen molar-refractivity contribution in [2.24, 2.45) is 11.3 Å². The van der Waals surface area contributed by atoms with Gasteiger partial charge in [-0.25, -0.2) is 0 Å². The summed E-state index contributed by atoms with van der Waals surface area (Å²) in [6.45, 7) is 12.0. The van der Waals surface area contributed by atoms with Crippen LogP contribution in [0.2, 0.25) is 0 Å². The summed E-state index contributed by atoms with van der Waals surface area (Å²) in [5.41, 5.74) is 19.8. The second-order valence-electron chi connectivity index (χ2n) is 18.1. The van der Waals surface area contributed by atoms with Gasteiger partial charge in [0.2, 0.25) is 0 Å². The van der Waals surface area contributed by atoms with Crippen LogP contribution in [-0.2, 0) is 10.8 Å². The summed E-state index contributed by atoms with van der Waals surface area (Å²) in [6.07, 6.45) is 24.2. The Balaban J connectivity index is 0.987. The van der Waals surface area contributed by atoms with Gasteiger partial charge in [0.1, 0.15) is 0 Å². The standard InChI is InChI=1S/C56H49NS/c1-35-15-14-18-43-40(28-25-36-26-29-42-41-17-7-13-24-51(41)58-52(42)33-36)44(55(4,5)53(35)43)31-32-57-37-27-30-39-38-16-6-8-19-45(38)56(50(39)34-37)48-22-11-9-20-46(48)54(2,3)47-21-10-12-23-49(47)56/h6-14,16-35,41,51,57H,15H2,1-5H3/b28-25-,32-31+. The molecule has 1 N–H and O–H groups in total. The second kappa shape index (κ2) is 13.0. The number of hydrogen-bond acceptors (Lipinski definition) is 2. The van der Waals surface area contributed by atoms with Crippen molar-refractivity contribution in [3.63, 3.8) is 0 Å². The van der Waals surface area contributed by atoms with Crippen molar-refractivity contribution < 1.29 is 0 Å². The minimum atomic E-state index is -0.406. The lowest BCUT2D eigenvalue weighted by Crippen LogP contribution is -2.40. The van der Waals surface area contributed by atoms with Crippen molar-refractivity contribution in [2.75, 3.05) is 5.32 Å². The molecule has 0 amide bonds. The molecule has 5 aliphatic carbocycles. The number of fused-ring (bicyclic) bond motifs is 12. The van der Waals surface area contributed by atoms with Crippen LogP contribution >= 0.6 is 11.8 Å². The summed E-state index contributed by atoms with van der Waals surface area (Å²) in [5.74, 6) is 0.985. The first kappa shape index (κ1) is 35.6. The maximum absolute atomic E-state index is 3.80. The Kier molecular flexibility index (Phi) is 7.96. The highest BCUT2D eigenvalue weighted by molar-refractivity contribution is 8.00. The van der Waals surface area contributed by atoms with Gasteiger partial charge in [-0.3, -0.25) is 0 Å². The monoisotopic (exact) mass is 767 g/mol. The highest BCUT2D eigenvalue weighted by Gasteiger charge is 2.53. The molecule has 5 aromatic carbocycles. The third-order valence-electron chi connectivity index (χ3n) is 14.2. The number of anilines is 1. The van der Waals surface area contributed by atoms with E-state index in [2.05, 4.69) is 210 Å². The molecular weight excluding hydrogens is 719 g/mol. The Bertz CT molecular complexity index is 2740. The molecule has 6 aliphatic rings. The van der Waals surface area contributed by atoms with E-state index in [1.165, 1.54) is 77.2 Å². The Morgan fingerprint density at radius 2 is 1.34 bits per heavy atom. The minimum Gasteiger partial charge on any atom is -0.362 e. The quantitative estimate of drug-likeness (QED) is 0.187. The van der Waals surface area contributed by atoms with Crippen molar-refractivity contribution in [1.29, 1.82) is 0 Å². The van der Waals surface area contributed by atoms with Gasteiger partial charge in [-0.1, -0.05) is 174 Å². The number of rotatable bonds is 5. The number of benzene rings is 5. The lowest BCUT2D eigenvalue weighted by Gasteiger charge is -2.46. The van der Waals surface area contributed by atoms with E-state index in [4.69, 9.17) is 0 Å². The van der Waals surface area contributed by atoms with Gasteiger partial charge in [0, 0.05) is 38.8 Å². The van der Waals surface area contributed by atoms with E-state index in [0.717, 1.165) is 12.1 Å². The number of hydrogen-bond donors (Lipinski definition) is 1. The summed E-state index contributed by atoms with van der Waals surface area (Å²) in [4.78, 5) is 1.41. The first-order valence-electron chi connectivity index (χ1n) is 21.1. The van der Waals surface area contributed by atoms with Crippen molar-refractivity contribution >= 4 is 23.5 Å². The zero-order chi connectivity index (χ0) is 39.4. The number of allylic oxidation sites excluding steroid dienone is 11. The van der Waals surface area contributed by atoms with Gasteiger partial charge < -0.3 is 5.32 Å². The molecule has 0 fully saturated rings. The maximum atomic E-state index is 3.80. The van der Waals surface area contributed by atoms with E-state index in [0.29, 0.717) is 17.1 Å². The van der Waals surface area contributed by atoms with Crippen LogP contribution < -0.4 is 5.32 Å². The predicted octanol–water partition coefficient (Wildman–Crippen LogP) is 14.2. The predicted molar refractivity (Wildman–Crippen MR) is 246 cm³/mol. The molecule has 1 nitrogen and oxygen atoms in total. The average Bonchev–Trinajstić information content (AvgIpc) is 3.83. The SMILES string of the molecule is CC1CC=CC2=C1C(C)(C)C(/C=C/Nc1ccc3c(c1)C1(c4ccccc4-3)c3ccccc3C(C)(C)c3ccccc31)=C2/C=C\c1ccc2c(c1)SC1C=CC=CC21. The third-order valence-corrected chi connectivity index (χ3v) is 15.6. The molecule has 58 heavy (non-hydrogen) atoms. The molecule has 0 saturated heterocycles. The van der Waals surface area contributed by atoms with Crippen LogP contribution in [0.5, 0.6) is 0 Å². The molecule has 284 valence electrons. The van der Waals surface area contributed by atoms with Gasteiger partial charge in [-0.2, -0.15) is 0 Å². The van der Waals surface area contributed by atoms with E-state index in [9.17, 15) is 0 Å². The van der Waals surface area contributed by atoms with Crippen molar-refractivity contribution in [1.82, 2.24) is 0 Å². The zero-order valence-electron chi connectivity index (χ0n) is 34.0. The first-order chi connectivity index (χ1) is 28.2. The summed E-state index contributed by atoms with van der Waals surface area (Å²) in [6, 6.07) is 41.6. The van der Waals surface area contributed by atoms with E-state index >= 15 is 0 Å². The molecule has 0 saturated carbocycles. The molecule has 3 atom stereocenters. The van der Waals surface area contributed by atoms with Gasteiger partial charge >= 0.3 is 0 Å². The Hall–Kier alpha value is -5.57. The highest BCUT2D eigenvalue weighted by atomic mass is 32.2. The Morgan fingerprint density at radius 1 is 0.655 bits per heavy atom. The fourth-order valence-electron chi connectivity index (χ4n) is 11.7. The van der Waals surface area contributed by atoms with Gasteiger partial charge in [-0.05, 0) is 115 Å². The van der Waals surface area contributed by atoms with Crippen molar-refractivity contribution in [3.05, 3.63) is 231 Å². The van der Waals surface area contributed by atoms with Crippen LogP contribution in [-0.4, -0.2) is 5.25 Å². The minimum absolute atomic E-state index is 0.0918. The average molecular weight is 768 g/mol. The molecule has 0 aromatic heterocycles. The molecule has 5 aromatic rings. The van der Waals surface area contributed by atoms with Gasteiger partial charge in [0.05, 0.1) is 5.41 Å². The normalized spacial score (nSPS) is 23.2. The third kappa shape index (κ3) is 4.97. The van der Waals surface area contributed by atoms with Crippen molar-refractivity contribution in [3.8, 4) is 11.1 Å². The Morgan fingerprint density at radius 3 is 2.12 bits per heavy atom. The Labute approximate surface area is 348 Å². The van der Waals surface area contributed by atoms with Crippen LogP contribution in [0.15, 0.2) is 191 Å². The summed E-state index contributed by atoms with van der Waals surface area (Å²) in [5, 5.41) is 4.31. The first-order valence-corrected chi connectivity index (χ1v) is 21.9.